The van der Waals surface area contributed by atoms with Crippen LogP contribution in [0, 0.1) is 11.3 Å². The van der Waals surface area contributed by atoms with Crippen molar-refractivity contribution in [3.05, 3.63) is 23.8 Å². The van der Waals surface area contributed by atoms with E-state index in [-0.39, 0.29) is 0 Å². The maximum atomic E-state index is 8.99. The topological polar surface area (TPSA) is 62.3 Å². The van der Waals surface area contributed by atoms with Gasteiger partial charge in [-0.15, -0.1) is 0 Å². The van der Waals surface area contributed by atoms with Crippen LogP contribution in [0.4, 0.5) is 11.4 Å². The van der Waals surface area contributed by atoms with Gasteiger partial charge in [0.25, 0.3) is 0 Å². The third-order valence-electron chi connectivity index (χ3n) is 3.21. The summed E-state index contributed by atoms with van der Waals surface area (Å²) in [5.41, 5.74) is 8.12. The van der Waals surface area contributed by atoms with Crippen molar-refractivity contribution >= 4 is 11.4 Å². The van der Waals surface area contributed by atoms with Crippen molar-refractivity contribution in [2.45, 2.75) is 19.4 Å². The third-order valence-corrected chi connectivity index (χ3v) is 3.21. The molecule has 0 bridgehead atoms. The highest BCUT2D eigenvalue weighted by atomic mass is 16.5. The van der Waals surface area contributed by atoms with E-state index in [4.69, 9.17) is 15.7 Å². The molecular formula is C13H17N3O. The molecule has 1 aromatic carbocycles. The zero-order chi connectivity index (χ0) is 12.3. The van der Waals surface area contributed by atoms with Gasteiger partial charge in [-0.1, -0.05) is 13.0 Å². The Labute approximate surface area is 102 Å². The van der Waals surface area contributed by atoms with Gasteiger partial charge >= 0.3 is 0 Å². The Morgan fingerprint density at radius 2 is 2.41 bits per heavy atom. The lowest BCUT2D eigenvalue weighted by Crippen LogP contribution is -2.45. The maximum absolute atomic E-state index is 8.99. The molecule has 17 heavy (non-hydrogen) atoms. The molecule has 1 unspecified atom stereocenters. The van der Waals surface area contributed by atoms with Crippen molar-refractivity contribution in [1.29, 1.82) is 5.26 Å². The number of nitrogens with zero attached hydrogens (tertiary/aromatic N) is 2. The minimum Gasteiger partial charge on any atom is -0.396 e. The minimum atomic E-state index is 0.347. The molecule has 1 fully saturated rings. The van der Waals surface area contributed by atoms with Crippen LogP contribution in [0.2, 0.25) is 0 Å². The number of ether oxygens (including phenoxy) is 1. The van der Waals surface area contributed by atoms with Crippen LogP contribution in [-0.2, 0) is 4.74 Å². The Morgan fingerprint density at radius 1 is 1.59 bits per heavy atom. The van der Waals surface area contributed by atoms with Gasteiger partial charge in [0.15, 0.2) is 0 Å². The number of benzene rings is 1. The molecule has 2 rings (SSSR count). The van der Waals surface area contributed by atoms with E-state index in [2.05, 4.69) is 17.9 Å². The molecule has 1 atom stereocenters. The highest BCUT2D eigenvalue weighted by molar-refractivity contribution is 5.74. The molecule has 1 aromatic rings. The molecule has 4 heteroatoms. The monoisotopic (exact) mass is 231 g/mol. The molecule has 0 amide bonds. The Kier molecular flexibility index (Phi) is 3.50. The van der Waals surface area contributed by atoms with Gasteiger partial charge in [0, 0.05) is 6.54 Å². The summed E-state index contributed by atoms with van der Waals surface area (Å²) in [6.45, 7) is 4.41. The summed E-state index contributed by atoms with van der Waals surface area (Å²) in [4.78, 5) is 2.25. The van der Waals surface area contributed by atoms with Gasteiger partial charge in [0.1, 0.15) is 6.07 Å². The second-order valence-electron chi connectivity index (χ2n) is 4.18. The van der Waals surface area contributed by atoms with Crippen LogP contribution < -0.4 is 10.6 Å². The van der Waals surface area contributed by atoms with Crippen LogP contribution >= 0.6 is 0 Å². The van der Waals surface area contributed by atoms with Crippen molar-refractivity contribution in [2.75, 3.05) is 30.4 Å². The summed E-state index contributed by atoms with van der Waals surface area (Å²) < 4.78 is 5.47. The first-order chi connectivity index (χ1) is 8.27. The van der Waals surface area contributed by atoms with E-state index in [0.717, 1.165) is 25.3 Å². The number of hydrogen-bond donors (Lipinski definition) is 1. The largest absolute Gasteiger partial charge is 0.396 e. The smallest absolute Gasteiger partial charge is 0.101 e. The predicted molar refractivity (Wildman–Crippen MR) is 67.8 cm³/mol. The molecule has 0 saturated carbocycles. The number of nitriles is 1. The molecule has 0 aromatic heterocycles. The molecule has 0 aliphatic carbocycles. The number of anilines is 2. The van der Waals surface area contributed by atoms with Crippen molar-refractivity contribution < 1.29 is 4.74 Å². The normalized spacial score (nSPS) is 20.0. The standard InChI is InChI=1S/C13H17N3O/c1-2-11-9-17-7-6-16(11)12-5-3-4-10(8-14)13(12)15/h3-5,11H,2,6-7,9,15H2,1H3. The number of hydrogen-bond acceptors (Lipinski definition) is 4. The molecule has 1 aliphatic rings. The van der Waals surface area contributed by atoms with Crippen LogP contribution in [0.3, 0.4) is 0 Å². The highest BCUT2D eigenvalue weighted by Gasteiger charge is 2.23. The van der Waals surface area contributed by atoms with Crippen LogP contribution in [0.25, 0.3) is 0 Å². The minimum absolute atomic E-state index is 0.347. The number of morpholine rings is 1. The van der Waals surface area contributed by atoms with E-state index in [1.165, 1.54) is 0 Å². The van der Waals surface area contributed by atoms with Crippen molar-refractivity contribution in [3.8, 4) is 6.07 Å². The van der Waals surface area contributed by atoms with E-state index in [1.807, 2.05) is 12.1 Å². The number of para-hydroxylation sites is 1. The van der Waals surface area contributed by atoms with Gasteiger partial charge in [0.2, 0.25) is 0 Å². The fourth-order valence-corrected chi connectivity index (χ4v) is 2.21. The first-order valence-corrected chi connectivity index (χ1v) is 5.91. The van der Waals surface area contributed by atoms with Crippen molar-refractivity contribution in [2.24, 2.45) is 0 Å². The molecule has 90 valence electrons. The zero-order valence-corrected chi connectivity index (χ0v) is 10.0. The lowest BCUT2D eigenvalue weighted by atomic mass is 10.1. The summed E-state index contributed by atoms with van der Waals surface area (Å²) in [6.07, 6.45) is 1.01. The molecule has 4 nitrogen and oxygen atoms in total. The van der Waals surface area contributed by atoms with Gasteiger partial charge in [-0.3, -0.25) is 0 Å². The molecule has 0 spiro atoms. The van der Waals surface area contributed by atoms with Gasteiger partial charge in [-0.2, -0.15) is 5.26 Å². The molecule has 0 radical (unpaired) electrons. The quantitative estimate of drug-likeness (QED) is 0.788. The van der Waals surface area contributed by atoms with E-state index in [0.29, 0.717) is 23.9 Å². The molecule has 1 saturated heterocycles. The third kappa shape index (κ3) is 2.20. The van der Waals surface area contributed by atoms with E-state index in [1.54, 1.807) is 6.07 Å². The first-order valence-electron chi connectivity index (χ1n) is 5.91. The van der Waals surface area contributed by atoms with Crippen LogP contribution in [-0.4, -0.2) is 25.8 Å². The summed E-state index contributed by atoms with van der Waals surface area (Å²) in [5.74, 6) is 0. The fourth-order valence-electron chi connectivity index (χ4n) is 2.21. The average Bonchev–Trinajstić information content (AvgIpc) is 2.39. The SMILES string of the molecule is CCC1COCCN1c1cccc(C#N)c1N. The van der Waals surface area contributed by atoms with E-state index < -0.39 is 0 Å². The summed E-state index contributed by atoms with van der Waals surface area (Å²) in [6, 6.07) is 8.08. The van der Waals surface area contributed by atoms with Gasteiger partial charge < -0.3 is 15.4 Å². The summed E-state index contributed by atoms with van der Waals surface area (Å²) in [5, 5.41) is 8.99. The second-order valence-corrected chi connectivity index (χ2v) is 4.18. The van der Waals surface area contributed by atoms with Gasteiger partial charge in [-0.25, -0.2) is 0 Å². The van der Waals surface area contributed by atoms with Gasteiger partial charge in [0.05, 0.1) is 36.2 Å². The van der Waals surface area contributed by atoms with Crippen LogP contribution in [0.15, 0.2) is 18.2 Å². The molecule has 1 heterocycles. The highest BCUT2D eigenvalue weighted by Crippen LogP contribution is 2.29. The Morgan fingerprint density at radius 3 is 3.12 bits per heavy atom. The lowest BCUT2D eigenvalue weighted by molar-refractivity contribution is 0.0931. The van der Waals surface area contributed by atoms with Crippen molar-refractivity contribution in [1.82, 2.24) is 0 Å². The lowest BCUT2D eigenvalue weighted by Gasteiger charge is -2.37. The van der Waals surface area contributed by atoms with Gasteiger partial charge in [-0.05, 0) is 18.6 Å². The summed E-state index contributed by atoms with van der Waals surface area (Å²) >= 11 is 0. The number of nitrogens with two attached hydrogens (primary N) is 1. The van der Waals surface area contributed by atoms with E-state index >= 15 is 0 Å². The number of rotatable bonds is 2. The second kappa shape index (κ2) is 5.07. The van der Waals surface area contributed by atoms with Crippen LogP contribution in [0.1, 0.15) is 18.9 Å². The first kappa shape index (κ1) is 11.7. The molecule has 1 aliphatic heterocycles. The fraction of sp³-hybridized carbons (Fsp3) is 0.462. The number of nitrogen functional groups attached to an aromatic ring is 1. The van der Waals surface area contributed by atoms with Crippen molar-refractivity contribution in [3.63, 3.8) is 0 Å². The molecule has 2 N–H and O–H groups in total. The van der Waals surface area contributed by atoms with Crippen LogP contribution in [0.5, 0.6) is 0 Å². The average molecular weight is 231 g/mol. The maximum Gasteiger partial charge on any atom is 0.101 e. The molecular weight excluding hydrogens is 214 g/mol. The zero-order valence-electron chi connectivity index (χ0n) is 10.0. The Balaban J connectivity index is 2.35. The van der Waals surface area contributed by atoms with E-state index in [9.17, 15) is 0 Å². The summed E-state index contributed by atoms with van der Waals surface area (Å²) in [7, 11) is 0. The Hall–Kier alpha value is -1.73. The predicted octanol–water partition coefficient (Wildman–Crippen LogP) is 1.76. The Bertz CT molecular complexity index is 439.